The summed E-state index contributed by atoms with van der Waals surface area (Å²) in [6.07, 6.45) is 6.10. The molecule has 1 aliphatic carbocycles. The van der Waals surface area contributed by atoms with Crippen LogP contribution >= 0.6 is 0 Å². The quantitative estimate of drug-likeness (QED) is 0.738. The van der Waals surface area contributed by atoms with Crippen molar-refractivity contribution in [3.63, 3.8) is 0 Å². The van der Waals surface area contributed by atoms with Crippen LogP contribution in [0.5, 0.6) is 0 Å². The summed E-state index contributed by atoms with van der Waals surface area (Å²) in [5.74, 6) is 0.298. The summed E-state index contributed by atoms with van der Waals surface area (Å²) >= 11 is 0. The maximum Gasteiger partial charge on any atom is 0.329 e. The van der Waals surface area contributed by atoms with Gasteiger partial charge >= 0.3 is 5.97 Å². The minimum absolute atomic E-state index is 0.0144. The molecule has 2 rings (SSSR count). The van der Waals surface area contributed by atoms with Crippen LogP contribution in [0.2, 0.25) is 0 Å². The molecular weight excluding hydrogens is 242 g/mol. The van der Waals surface area contributed by atoms with Crippen molar-refractivity contribution in [2.24, 2.45) is 5.92 Å². The number of carbonyl (C=O) groups excluding carboxylic acids is 2. The lowest BCUT2D eigenvalue weighted by Crippen LogP contribution is -2.46. The van der Waals surface area contributed by atoms with Gasteiger partial charge in [-0.3, -0.25) is 4.79 Å². The molecule has 1 saturated carbocycles. The molecule has 0 aromatic rings. The molecule has 108 valence electrons. The van der Waals surface area contributed by atoms with Gasteiger partial charge in [0, 0.05) is 13.0 Å². The van der Waals surface area contributed by atoms with E-state index < -0.39 is 0 Å². The average Bonchev–Trinajstić information content (AvgIpc) is 2.77. The highest BCUT2D eigenvalue weighted by Gasteiger charge is 2.47. The van der Waals surface area contributed by atoms with Crippen molar-refractivity contribution >= 4 is 11.9 Å². The van der Waals surface area contributed by atoms with E-state index in [1.54, 1.807) is 11.8 Å². The van der Waals surface area contributed by atoms with E-state index in [2.05, 4.69) is 0 Å². The van der Waals surface area contributed by atoms with Crippen LogP contribution in [-0.4, -0.2) is 35.0 Å². The number of nitrogens with zero attached hydrogens (tertiary/aromatic N) is 1. The first-order valence-electron chi connectivity index (χ1n) is 7.54. The Morgan fingerprint density at radius 2 is 2.00 bits per heavy atom. The van der Waals surface area contributed by atoms with Crippen LogP contribution < -0.4 is 0 Å². The molecule has 4 atom stereocenters. The standard InChI is InChI=1S/C15H25NO3/c1-4-10(2)19-15(18)14-9-12-7-5-6-8-13(12)16(14)11(3)17/h10,12-14H,4-9H2,1-3H3. The molecule has 1 aliphatic heterocycles. The lowest BCUT2D eigenvalue weighted by Gasteiger charge is -2.32. The largest absolute Gasteiger partial charge is 0.461 e. The second kappa shape index (κ2) is 5.93. The average molecular weight is 267 g/mol. The summed E-state index contributed by atoms with van der Waals surface area (Å²) in [6.45, 7) is 5.47. The summed E-state index contributed by atoms with van der Waals surface area (Å²) in [4.78, 5) is 25.9. The number of amides is 1. The number of carbonyl (C=O) groups is 2. The number of hydrogen-bond donors (Lipinski definition) is 0. The zero-order valence-corrected chi connectivity index (χ0v) is 12.2. The predicted octanol–water partition coefficient (Wildman–Crippen LogP) is 2.51. The highest BCUT2D eigenvalue weighted by atomic mass is 16.5. The minimum Gasteiger partial charge on any atom is -0.461 e. The summed E-state index contributed by atoms with van der Waals surface area (Å²) in [6, 6.07) is -0.0830. The Hall–Kier alpha value is -1.06. The first-order chi connectivity index (χ1) is 9.04. The van der Waals surface area contributed by atoms with Crippen molar-refractivity contribution in [2.75, 3.05) is 0 Å². The summed E-state index contributed by atoms with van der Waals surface area (Å²) in [7, 11) is 0. The predicted molar refractivity (Wildman–Crippen MR) is 72.5 cm³/mol. The van der Waals surface area contributed by atoms with Gasteiger partial charge in [-0.15, -0.1) is 0 Å². The van der Waals surface area contributed by atoms with Gasteiger partial charge in [-0.05, 0) is 38.5 Å². The lowest BCUT2D eigenvalue weighted by atomic mass is 9.85. The van der Waals surface area contributed by atoms with E-state index in [9.17, 15) is 9.59 Å². The highest BCUT2D eigenvalue weighted by molar-refractivity contribution is 5.84. The Morgan fingerprint density at radius 1 is 1.32 bits per heavy atom. The third kappa shape index (κ3) is 2.93. The number of hydrogen-bond acceptors (Lipinski definition) is 3. The number of likely N-dealkylation sites (tertiary alicyclic amines) is 1. The smallest absolute Gasteiger partial charge is 0.329 e. The lowest BCUT2D eigenvalue weighted by molar-refractivity contribution is -0.158. The van der Waals surface area contributed by atoms with E-state index in [0.29, 0.717) is 5.92 Å². The third-order valence-corrected chi connectivity index (χ3v) is 4.62. The maximum atomic E-state index is 12.3. The van der Waals surface area contributed by atoms with Crippen molar-refractivity contribution < 1.29 is 14.3 Å². The summed E-state index contributed by atoms with van der Waals surface area (Å²) in [5, 5.41) is 0. The second-order valence-corrected chi connectivity index (χ2v) is 5.95. The first-order valence-corrected chi connectivity index (χ1v) is 7.54. The zero-order chi connectivity index (χ0) is 14.0. The van der Waals surface area contributed by atoms with E-state index in [-0.39, 0.29) is 30.1 Å². The molecule has 0 bridgehead atoms. The van der Waals surface area contributed by atoms with Gasteiger partial charge in [0.1, 0.15) is 6.04 Å². The normalized spacial score (nSPS) is 31.7. The van der Waals surface area contributed by atoms with Crippen LogP contribution in [0.25, 0.3) is 0 Å². The van der Waals surface area contributed by atoms with E-state index in [4.69, 9.17) is 4.74 Å². The molecule has 0 spiro atoms. The number of ether oxygens (including phenoxy) is 1. The molecule has 2 fully saturated rings. The van der Waals surface area contributed by atoms with Gasteiger partial charge in [0.05, 0.1) is 6.10 Å². The van der Waals surface area contributed by atoms with Gasteiger partial charge in [-0.25, -0.2) is 4.79 Å². The molecular formula is C15H25NO3. The van der Waals surface area contributed by atoms with Crippen LogP contribution in [0.4, 0.5) is 0 Å². The van der Waals surface area contributed by atoms with Crippen molar-refractivity contribution in [3.05, 3.63) is 0 Å². The van der Waals surface area contributed by atoms with Gasteiger partial charge < -0.3 is 9.64 Å². The summed E-state index contributed by atoms with van der Waals surface area (Å²) < 4.78 is 5.44. The van der Waals surface area contributed by atoms with Crippen molar-refractivity contribution in [3.8, 4) is 0 Å². The fourth-order valence-corrected chi connectivity index (χ4v) is 3.48. The Morgan fingerprint density at radius 3 is 2.63 bits per heavy atom. The van der Waals surface area contributed by atoms with E-state index in [1.165, 1.54) is 6.42 Å². The Labute approximate surface area is 115 Å². The van der Waals surface area contributed by atoms with Crippen LogP contribution in [0.1, 0.15) is 59.3 Å². The topological polar surface area (TPSA) is 46.6 Å². The molecule has 4 unspecified atom stereocenters. The van der Waals surface area contributed by atoms with E-state index in [1.807, 2.05) is 13.8 Å². The van der Waals surface area contributed by atoms with Crippen molar-refractivity contribution in [1.82, 2.24) is 4.90 Å². The summed E-state index contributed by atoms with van der Waals surface area (Å²) in [5.41, 5.74) is 0. The maximum absolute atomic E-state index is 12.3. The van der Waals surface area contributed by atoms with E-state index in [0.717, 1.165) is 32.1 Å². The van der Waals surface area contributed by atoms with Crippen molar-refractivity contribution in [1.29, 1.82) is 0 Å². The van der Waals surface area contributed by atoms with Crippen molar-refractivity contribution in [2.45, 2.75) is 77.5 Å². The van der Waals surface area contributed by atoms with Crippen LogP contribution in [0.3, 0.4) is 0 Å². The number of rotatable bonds is 3. The molecule has 4 heteroatoms. The molecule has 0 radical (unpaired) electrons. The molecule has 0 aromatic carbocycles. The molecule has 1 amide bonds. The fourth-order valence-electron chi connectivity index (χ4n) is 3.48. The number of esters is 1. The fraction of sp³-hybridized carbons (Fsp3) is 0.867. The SMILES string of the molecule is CCC(C)OC(=O)C1CC2CCCCC2N1C(C)=O. The molecule has 1 heterocycles. The molecule has 2 aliphatic rings. The molecule has 4 nitrogen and oxygen atoms in total. The van der Waals surface area contributed by atoms with Gasteiger partial charge in [-0.1, -0.05) is 19.8 Å². The van der Waals surface area contributed by atoms with Crippen LogP contribution in [0, 0.1) is 5.92 Å². The Balaban J connectivity index is 2.10. The molecule has 0 N–H and O–H groups in total. The Kier molecular flexibility index (Phi) is 4.48. The van der Waals surface area contributed by atoms with Gasteiger partial charge in [-0.2, -0.15) is 0 Å². The first kappa shape index (κ1) is 14.4. The zero-order valence-electron chi connectivity index (χ0n) is 12.2. The Bertz CT molecular complexity index is 355. The van der Waals surface area contributed by atoms with E-state index >= 15 is 0 Å². The molecule has 1 saturated heterocycles. The van der Waals surface area contributed by atoms with Gasteiger partial charge in [0.2, 0.25) is 5.91 Å². The third-order valence-electron chi connectivity index (χ3n) is 4.62. The monoisotopic (exact) mass is 267 g/mol. The molecule has 19 heavy (non-hydrogen) atoms. The van der Waals surface area contributed by atoms with Crippen LogP contribution in [-0.2, 0) is 14.3 Å². The van der Waals surface area contributed by atoms with Gasteiger partial charge in [0.15, 0.2) is 0 Å². The van der Waals surface area contributed by atoms with Gasteiger partial charge in [0.25, 0.3) is 0 Å². The number of fused-ring (bicyclic) bond motifs is 1. The highest BCUT2D eigenvalue weighted by Crippen LogP contribution is 2.40. The second-order valence-electron chi connectivity index (χ2n) is 5.95. The molecule has 0 aromatic heterocycles. The minimum atomic E-state index is -0.348. The van der Waals surface area contributed by atoms with Crippen LogP contribution in [0.15, 0.2) is 0 Å².